The van der Waals surface area contributed by atoms with Crippen molar-refractivity contribution >= 4 is 34.6 Å². The first-order valence-electron chi connectivity index (χ1n) is 11.7. The van der Waals surface area contributed by atoms with E-state index in [-0.39, 0.29) is 16.9 Å². The number of rotatable bonds is 7. The molecule has 0 unspecified atom stereocenters. The fourth-order valence-corrected chi connectivity index (χ4v) is 7.29. The van der Waals surface area contributed by atoms with Crippen LogP contribution in [0.5, 0.6) is 0 Å². The Labute approximate surface area is 196 Å². The van der Waals surface area contributed by atoms with Crippen LogP contribution in [0, 0.1) is 17.8 Å². The van der Waals surface area contributed by atoms with Crippen LogP contribution in [0.15, 0.2) is 34.2 Å². The molecular weight excluding hydrogens is 440 g/mol. The number of aromatic nitrogens is 2. The first kappa shape index (κ1) is 22.4. The normalized spacial score (nSPS) is 27.6. The molecule has 0 aliphatic heterocycles. The Bertz CT molecular complexity index is 1100. The van der Waals surface area contributed by atoms with Gasteiger partial charge in [-0.1, -0.05) is 23.9 Å². The maximum atomic E-state index is 12.9. The lowest BCUT2D eigenvalue weighted by molar-refractivity contribution is -0.117. The van der Waals surface area contributed by atoms with Gasteiger partial charge < -0.3 is 10.1 Å². The molecule has 1 aromatic heterocycles. The summed E-state index contributed by atoms with van der Waals surface area (Å²) in [5.41, 5.74) is 0.269. The zero-order valence-electron chi connectivity index (χ0n) is 18.8. The van der Waals surface area contributed by atoms with Crippen LogP contribution in [-0.4, -0.2) is 46.5 Å². The minimum absolute atomic E-state index is 0.00788. The van der Waals surface area contributed by atoms with E-state index in [1.54, 1.807) is 25.3 Å². The second-order valence-corrected chi connectivity index (χ2v) is 10.8. The molecule has 4 aliphatic rings. The number of fused-ring (bicyclic) bond motifs is 1. The summed E-state index contributed by atoms with van der Waals surface area (Å²) in [5, 5.41) is 6.61. The van der Waals surface area contributed by atoms with Crippen molar-refractivity contribution < 1.29 is 14.3 Å². The molecule has 4 saturated carbocycles. The fourth-order valence-electron chi connectivity index (χ4n) is 6.47. The predicted octanol–water partition coefficient (Wildman–Crippen LogP) is 2.93. The van der Waals surface area contributed by atoms with Crippen molar-refractivity contribution in [2.45, 2.75) is 55.8 Å². The monoisotopic (exact) mass is 470 g/mol. The molecule has 176 valence electrons. The van der Waals surface area contributed by atoms with Crippen molar-refractivity contribution in [1.29, 1.82) is 0 Å². The smallest absolute Gasteiger partial charge is 0.321 e. The summed E-state index contributed by atoms with van der Waals surface area (Å²) >= 11 is 1.15. The van der Waals surface area contributed by atoms with E-state index in [1.165, 1.54) is 23.8 Å². The molecule has 0 radical (unpaired) electrons. The van der Waals surface area contributed by atoms with E-state index in [2.05, 4.69) is 15.6 Å². The maximum absolute atomic E-state index is 12.9. The van der Waals surface area contributed by atoms with Gasteiger partial charge in [0.2, 0.25) is 5.91 Å². The molecule has 0 atom stereocenters. The Balaban J connectivity index is 1.23. The molecule has 3 amide bonds. The van der Waals surface area contributed by atoms with Gasteiger partial charge in [0.05, 0.1) is 29.8 Å². The number of ether oxygens (including phenoxy) is 1. The molecule has 0 spiro atoms. The zero-order chi connectivity index (χ0) is 23.0. The lowest BCUT2D eigenvalue weighted by Gasteiger charge is -2.56. The number of nitrogens with one attached hydrogen (secondary N) is 2. The van der Waals surface area contributed by atoms with Gasteiger partial charge >= 0.3 is 6.03 Å². The quantitative estimate of drug-likeness (QED) is 0.477. The van der Waals surface area contributed by atoms with E-state index >= 15 is 0 Å². The van der Waals surface area contributed by atoms with Gasteiger partial charge in [-0.3, -0.25) is 19.5 Å². The first-order valence-corrected chi connectivity index (χ1v) is 12.7. The van der Waals surface area contributed by atoms with Crippen molar-refractivity contribution in [3.05, 3.63) is 34.6 Å². The van der Waals surface area contributed by atoms with Crippen LogP contribution in [0.1, 0.15) is 38.5 Å². The Morgan fingerprint density at radius 3 is 2.48 bits per heavy atom. The standard InChI is InChI=1S/C24H30N4O4S/c1-32-7-6-28-21(30)18-4-2-3-5-19(18)25-23(28)33-14-20(29)26-22(31)27-24-11-15-8-16(12-24)10-17(9-15)13-24/h2-5,15-17H,6-14H2,1H3,(H2,26,27,29,31). The van der Waals surface area contributed by atoms with Crippen LogP contribution >= 0.6 is 11.8 Å². The SMILES string of the molecule is COCCn1c(SCC(=O)NC(=O)NC23CC4CC(CC(C4)C2)C3)nc2ccccc2c1=O. The average Bonchev–Trinajstić information content (AvgIpc) is 2.76. The van der Waals surface area contributed by atoms with Gasteiger partial charge in [0.1, 0.15) is 0 Å². The number of carbonyl (C=O) groups is 2. The largest absolute Gasteiger partial charge is 0.383 e. The van der Waals surface area contributed by atoms with Crippen molar-refractivity contribution in [2.24, 2.45) is 17.8 Å². The highest BCUT2D eigenvalue weighted by Gasteiger charge is 2.51. The number of methoxy groups -OCH3 is 1. The minimum Gasteiger partial charge on any atom is -0.383 e. The molecule has 1 heterocycles. The molecule has 33 heavy (non-hydrogen) atoms. The minimum atomic E-state index is -0.411. The Kier molecular flexibility index (Phi) is 6.18. The number of carbonyl (C=O) groups excluding carboxylic acids is 2. The number of benzene rings is 1. The number of para-hydroxylation sites is 1. The lowest BCUT2D eigenvalue weighted by atomic mass is 9.53. The summed E-state index contributed by atoms with van der Waals surface area (Å²) in [5.74, 6) is 1.73. The van der Waals surface area contributed by atoms with E-state index in [1.807, 2.05) is 6.07 Å². The van der Waals surface area contributed by atoms with Crippen molar-refractivity contribution in [3.8, 4) is 0 Å². The zero-order valence-corrected chi connectivity index (χ0v) is 19.7. The molecule has 4 bridgehead atoms. The van der Waals surface area contributed by atoms with Crippen LogP contribution in [0.3, 0.4) is 0 Å². The van der Waals surface area contributed by atoms with E-state index < -0.39 is 11.9 Å². The highest BCUT2D eigenvalue weighted by atomic mass is 32.2. The fraction of sp³-hybridized carbons (Fsp3) is 0.583. The maximum Gasteiger partial charge on any atom is 0.321 e. The Morgan fingerprint density at radius 2 is 1.82 bits per heavy atom. The number of amides is 3. The Morgan fingerprint density at radius 1 is 1.15 bits per heavy atom. The summed E-state index contributed by atoms with van der Waals surface area (Å²) in [6.45, 7) is 0.691. The molecule has 9 heteroatoms. The van der Waals surface area contributed by atoms with Crippen molar-refractivity contribution in [1.82, 2.24) is 20.2 Å². The molecule has 0 saturated heterocycles. The van der Waals surface area contributed by atoms with Gasteiger partial charge in [-0.25, -0.2) is 9.78 Å². The number of thioether (sulfide) groups is 1. The Hall–Kier alpha value is -2.39. The second-order valence-electron chi connectivity index (χ2n) is 9.85. The van der Waals surface area contributed by atoms with Gasteiger partial charge in [0.25, 0.3) is 5.56 Å². The van der Waals surface area contributed by atoms with E-state index in [4.69, 9.17) is 4.74 Å². The van der Waals surface area contributed by atoms with Crippen LogP contribution < -0.4 is 16.2 Å². The van der Waals surface area contributed by atoms with Gasteiger partial charge in [-0.05, 0) is 68.4 Å². The van der Waals surface area contributed by atoms with Gasteiger partial charge in [-0.2, -0.15) is 0 Å². The number of urea groups is 1. The highest BCUT2D eigenvalue weighted by molar-refractivity contribution is 7.99. The summed E-state index contributed by atoms with van der Waals surface area (Å²) in [6.07, 6.45) is 6.97. The lowest BCUT2D eigenvalue weighted by Crippen LogP contribution is -2.61. The number of nitrogens with zero attached hydrogens (tertiary/aromatic N) is 2. The van der Waals surface area contributed by atoms with Gasteiger partial charge in [-0.15, -0.1) is 0 Å². The molecule has 8 nitrogen and oxygen atoms in total. The third-order valence-electron chi connectivity index (χ3n) is 7.35. The molecule has 1 aromatic carbocycles. The van der Waals surface area contributed by atoms with Crippen LogP contribution in [0.25, 0.3) is 10.9 Å². The van der Waals surface area contributed by atoms with Gasteiger partial charge in [0, 0.05) is 12.6 Å². The molecule has 2 aromatic rings. The van der Waals surface area contributed by atoms with Crippen LogP contribution in [0.2, 0.25) is 0 Å². The van der Waals surface area contributed by atoms with E-state index in [9.17, 15) is 14.4 Å². The highest BCUT2D eigenvalue weighted by Crippen LogP contribution is 2.55. The summed E-state index contributed by atoms with van der Waals surface area (Å²) < 4.78 is 6.66. The summed E-state index contributed by atoms with van der Waals surface area (Å²) in [7, 11) is 1.57. The number of hydrogen-bond donors (Lipinski definition) is 2. The van der Waals surface area contributed by atoms with Gasteiger partial charge in [0.15, 0.2) is 5.16 Å². The topological polar surface area (TPSA) is 102 Å². The van der Waals surface area contributed by atoms with Crippen molar-refractivity contribution in [2.75, 3.05) is 19.5 Å². The van der Waals surface area contributed by atoms with E-state index in [0.717, 1.165) is 31.0 Å². The first-order chi connectivity index (χ1) is 15.9. The molecule has 4 fully saturated rings. The molecule has 4 aliphatic carbocycles. The molecular formula is C24H30N4O4S. The van der Waals surface area contributed by atoms with E-state index in [0.29, 0.717) is 47.0 Å². The third-order valence-corrected chi connectivity index (χ3v) is 8.32. The number of imide groups is 1. The van der Waals surface area contributed by atoms with Crippen molar-refractivity contribution in [3.63, 3.8) is 0 Å². The average molecular weight is 471 g/mol. The van der Waals surface area contributed by atoms with Crippen LogP contribution in [-0.2, 0) is 16.1 Å². The number of hydrogen-bond acceptors (Lipinski definition) is 6. The summed E-state index contributed by atoms with van der Waals surface area (Å²) in [4.78, 5) is 42.7. The van der Waals surface area contributed by atoms with Crippen LogP contribution in [0.4, 0.5) is 4.79 Å². The molecule has 2 N–H and O–H groups in total. The molecule has 6 rings (SSSR count). The third kappa shape index (κ3) is 4.66. The summed E-state index contributed by atoms with van der Waals surface area (Å²) in [6, 6.07) is 6.73. The second kappa shape index (κ2) is 9.10. The predicted molar refractivity (Wildman–Crippen MR) is 126 cm³/mol.